The number of amides is 1. The van der Waals surface area contributed by atoms with Crippen molar-refractivity contribution >= 4 is 45.6 Å². The Morgan fingerprint density at radius 1 is 1.06 bits per heavy atom. The van der Waals surface area contributed by atoms with Crippen LogP contribution in [-0.4, -0.2) is 5.91 Å². The molecule has 0 saturated heterocycles. The molecule has 0 fully saturated rings. The minimum atomic E-state index is -0.226. The fourth-order valence-electron chi connectivity index (χ4n) is 1.58. The summed E-state index contributed by atoms with van der Waals surface area (Å²) in [5, 5.41) is 2.80. The first-order chi connectivity index (χ1) is 8.54. The van der Waals surface area contributed by atoms with Crippen LogP contribution in [0, 0.1) is 3.57 Å². The number of anilines is 3. The van der Waals surface area contributed by atoms with Gasteiger partial charge in [0, 0.05) is 26.2 Å². The third-order valence-electron chi connectivity index (χ3n) is 2.32. The molecule has 2 aromatic rings. The molecule has 5 N–H and O–H groups in total. The monoisotopic (exact) mass is 353 g/mol. The van der Waals surface area contributed by atoms with Gasteiger partial charge in [0.1, 0.15) is 0 Å². The zero-order chi connectivity index (χ0) is 13.1. The van der Waals surface area contributed by atoms with Crippen molar-refractivity contribution in [2.45, 2.75) is 0 Å². The minimum Gasteiger partial charge on any atom is -0.399 e. The average Bonchev–Trinajstić information content (AvgIpc) is 2.27. The topological polar surface area (TPSA) is 81.1 Å². The van der Waals surface area contributed by atoms with Crippen LogP contribution >= 0.6 is 22.6 Å². The molecule has 0 saturated carbocycles. The lowest BCUT2D eigenvalue weighted by Gasteiger charge is -2.07. The van der Waals surface area contributed by atoms with Gasteiger partial charge >= 0.3 is 0 Å². The molecule has 18 heavy (non-hydrogen) atoms. The first kappa shape index (κ1) is 12.7. The van der Waals surface area contributed by atoms with Gasteiger partial charge in [-0.15, -0.1) is 0 Å². The van der Waals surface area contributed by atoms with Gasteiger partial charge < -0.3 is 16.8 Å². The van der Waals surface area contributed by atoms with E-state index < -0.39 is 0 Å². The molecule has 92 valence electrons. The van der Waals surface area contributed by atoms with E-state index in [1.54, 1.807) is 18.2 Å². The minimum absolute atomic E-state index is 0.226. The molecule has 0 bridgehead atoms. The molecule has 0 heterocycles. The van der Waals surface area contributed by atoms with Crippen LogP contribution in [-0.2, 0) is 0 Å². The molecule has 2 rings (SSSR count). The lowest BCUT2D eigenvalue weighted by Crippen LogP contribution is -2.12. The van der Waals surface area contributed by atoms with E-state index in [2.05, 4.69) is 27.9 Å². The Hall–Kier alpha value is -1.76. The Kier molecular flexibility index (Phi) is 3.71. The van der Waals surface area contributed by atoms with Gasteiger partial charge in [0.25, 0.3) is 5.91 Å². The number of carbonyl (C=O) groups is 1. The number of nitrogens with one attached hydrogen (secondary N) is 1. The van der Waals surface area contributed by atoms with Crippen LogP contribution in [0.3, 0.4) is 0 Å². The normalized spacial score (nSPS) is 10.1. The summed E-state index contributed by atoms with van der Waals surface area (Å²) < 4.78 is 1.05. The summed E-state index contributed by atoms with van der Waals surface area (Å²) in [4.78, 5) is 12.0. The van der Waals surface area contributed by atoms with Crippen molar-refractivity contribution < 1.29 is 4.79 Å². The second kappa shape index (κ2) is 5.26. The summed E-state index contributed by atoms with van der Waals surface area (Å²) >= 11 is 2.19. The molecular formula is C13H12IN3O. The number of benzene rings is 2. The Labute approximate surface area is 119 Å². The number of nitrogens with two attached hydrogens (primary N) is 2. The van der Waals surface area contributed by atoms with Crippen LogP contribution in [0.4, 0.5) is 17.1 Å². The molecule has 0 atom stereocenters. The number of hydrogen-bond acceptors (Lipinski definition) is 3. The molecule has 0 aliphatic heterocycles. The molecule has 0 aromatic heterocycles. The first-order valence-corrected chi connectivity index (χ1v) is 6.35. The van der Waals surface area contributed by atoms with Gasteiger partial charge in [-0.3, -0.25) is 4.79 Å². The lowest BCUT2D eigenvalue weighted by atomic mass is 10.1. The maximum atomic E-state index is 12.0. The van der Waals surface area contributed by atoms with Gasteiger partial charge in [-0.2, -0.15) is 0 Å². The lowest BCUT2D eigenvalue weighted by molar-refractivity contribution is 0.102. The van der Waals surface area contributed by atoms with Crippen molar-refractivity contribution in [1.29, 1.82) is 0 Å². The number of rotatable bonds is 2. The van der Waals surface area contributed by atoms with E-state index in [-0.39, 0.29) is 5.91 Å². The van der Waals surface area contributed by atoms with Gasteiger partial charge in [-0.25, -0.2) is 0 Å². The van der Waals surface area contributed by atoms with Crippen LogP contribution in [0.25, 0.3) is 0 Å². The molecular weight excluding hydrogens is 341 g/mol. The highest BCUT2D eigenvalue weighted by Gasteiger charge is 2.07. The molecule has 0 radical (unpaired) electrons. The molecule has 0 aliphatic carbocycles. The van der Waals surface area contributed by atoms with Crippen LogP contribution < -0.4 is 16.8 Å². The van der Waals surface area contributed by atoms with Crippen LogP contribution in [0.5, 0.6) is 0 Å². The summed E-state index contributed by atoms with van der Waals surface area (Å²) in [6.45, 7) is 0. The predicted octanol–water partition coefficient (Wildman–Crippen LogP) is 2.71. The Morgan fingerprint density at radius 2 is 1.72 bits per heavy atom. The van der Waals surface area contributed by atoms with Gasteiger partial charge in [-0.05, 0) is 59.0 Å². The maximum Gasteiger partial charge on any atom is 0.255 e. The Bertz CT molecular complexity index is 578. The molecule has 2 aromatic carbocycles. The highest BCUT2D eigenvalue weighted by atomic mass is 127. The van der Waals surface area contributed by atoms with E-state index in [9.17, 15) is 4.79 Å². The second-order valence-electron chi connectivity index (χ2n) is 3.85. The standard InChI is InChI=1S/C13H12IN3O/c14-9-2-1-3-12(6-9)17-13(18)8-4-10(15)7-11(16)5-8/h1-7H,15-16H2,(H,17,18). The van der Waals surface area contributed by atoms with E-state index in [4.69, 9.17) is 11.5 Å². The summed E-state index contributed by atoms with van der Waals surface area (Å²) in [6.07, 6.45) is 0. The van der Waals surface area contributed by atoms with E-state index >= 15 is 0 Å². The summed E-state index contributed by atoms with van der Waals surface area (Å²) in [6, 6.07) is 12.4. The van der Waals surface area contributed by atoms with Crippen LogP contribution in [0.1, 0.15) is 10.4 Å². The highest BCUT2D eigenvalue weighted by molar-refractivity contribution is 14.1. The second-order valence-corrected chi connectivity index (χ2v) is 5.10. The third kappa shape index (κ3) is 3.13. The van der Waals surface area contributed by atoms with Gasteiger partial charge in [0.2, 0.25) is 0 Å². The van der Waals surface area contributed by atoms with Crippen molar-refractivity contribution in [3.63, 3.8) is 0 Å². The van der Waals surface area contributed by atoms with Crippen molar-refractivity contribution in [2.75, 3.05) is 16.8 Å². The molecule has 0 unspecified atom stereocenters. The largest absolute Gasteiger partial charge is 0.399 e. The molecule has 0 aliphatic rings. The first-order valence-electron chi connectivity index (χ1n) is 5.27. The van der Waals surface area contributed by atoms with Gasteiger partial charge in [0.05, 0.1) is 0 Å². The van der Waals surface area contributed by atoms with Crippen molar-refractivity contribution in [2.24, 2.45) is 0 Å². The van der Waals surface area contributed by atoms with Crippen LogP contribution in [0.15, 0.2) is 42.5 Å². The summed E-state index contributed by atoms with van der Waals surface area (Å²) in [5.41, 5.74) is 13.5. The van der Waals surface area contributed by atoms with E-state index in [0.717, 1.165) is 9.26 Å². The van der Waals surface area contributed by atoms with Gasteiger partial charge in [-0.1, -0.05) is 6.07 Å². The van der Waals surface area contributed by atoms with E-state index in [1.807, 2.05) is 24.3 Å². The fourth-order valence-corrected chi connectivity index (χ4v) is 2.12. The quantitative estimate of drug-likeness (QED) is 0.574. The highest BCUT2D eigenvalue weighted by Crippen LogP contribution is 2.17. The van der Waals surface area contributed by atoms with Crippen molar-refractivity contribution in [1.82, 2.24) is 0 Å². The Balaban J connectivity index is 2.22. The molecule has 0 spiro atoms. The SMILES string of the molecule is Nc1cc(N)cc(C(=O)Nc2cccc(I)c2)c1. The van der Waals surface area contributed by atoms with Gasteiger partial charge in [0.15, 0.2) is 0 Å². The summed E-state index contributed by atoms with van der Waals surface area (Å²) in [7, 11) is 0. The fraction of sp³-hybridized carbons (Fsp3) is 0. The van der Waals surface area contributed by atoms with Crippen LogP contribution in [0.2, 0.25) is 0 Å². The average molecular weight is 353 g/mol. The number of halogens is 1. The Morgan fingerprint density at radius 3 is 2.33 bits per heavy atom. The molecule has 4 nitrogen and oxygen atoms in total. The van der Waals surface area contributed by atoms with Crippen molar-refractivity contribution in [3.05, 3.63) is 51.6 Å². The zero-order valence-corrected chi connectivity index (χ0v) is 11.6. The number of hydrogen-bond donors (Lipinski definition) is 3. The summed E-state index contributed by atoms with van der Waals surface area (Å²) in [5.74, 6) is -0.226. The zero-order valence-electron chi connectivity index (χ0n) is 9.48. The smallest absolute Gasteiger partial charge is 0.255 e. The van der Waals surface area contributed by atoms with Crippen molar-refractivity contribution in [3.8, 4) is 0 Å². The number of nitrogen functional groups attached to an aromatic ring is 2. The molecule has 1 amide bonds. The third-order valence-corrected chi connectivity index (χ3v) is 2.99. The van der Waals surface area contributed by atoms with E-state index in [1.165, 1.54) is 0 Å². The predicted molar refractivity (Wildman–Crippen MR) is 82.4 cm³/mol. The molecule has 5 heteroatoms. The van der Waals surface area contributed by atoms with E-state index in [0.29, 0.717) is 16.9 Å². The number of carbonyl (C=O) groups excluding carboxylic acids is 1. The maximum absolute atomic E-state index is 12.0.